The smallest absolute Gasteiger partial charge is 0.279 e. The summed E-state index contributed by atoms with van der Waals surface area (Å²) in [4.78, 5) is 33.1. The molecule has 8 nitrogen and oxygen atoms in total. The molecule has 0 aliphatic heterocycles. The van der Waals surface area contributed by atoms with E-state index in [0.717, 1.165) is 4.90 Å². The summed E-state index contributed by atoms with van der Waals surface area (Å²) in [5.74, 6) is 1.56. The maximum atomic E-state index is 12.5. The number of nitrogens with zero attached hydrogens (tertiary/aromatic N) is 1. The van der Waals surface area contributed by atoms with Crippen LogP contribution < -0.4 is 25.2 Å². The first kappa shape index (κ1) is 20.3. The van der Waals surface area contributed by atoms with Crippen LogP contribution in [0.1, 0.15) is 12.7 Å². The zero-order valence-corrected chi connectivity index (χ0v) is 16.7. The first-order chi connectivity index (χ1) is 14.0. The number of carbonyl (C=O) groups is 1. The lowest BCUT2D eigenvalue weighted by Gasteiger charge is -2.17. The van der Waals surface area contributed by atoms with Gasteiger partial charge in [-0.15, -0.1) is 0 Å². The van der Waals surface area contributed by atoms with E-state index in [-0.39, 0.29) is 18.0 Å². The summed E-state index contributed by atoms with van der Waals surface area (Å²) in [6.07, 6.45) is 0. The van der Waals surface area contributed by atoms with Gasteiger partial charge in [-0.3, -0.25) is 9.59 Å². The zero-order valence-electron chi connectivity index (χ0n) is 16.7. The number of fused-ring (bicyclic) bond motifs is 1. The van der Waals surface area contributed by atoms with E-state index in [1.54, 1.807) is 44.6 Å². The second-order valence-corrected chi connectivity index (χ2v) is 6.60. The molecule has 1 heterocycles. The van der Waals surface area contributed by atoms with Crippen LogP contribution in [0.15, 0.2) is 47.3 Å². The van der Waals surface area contributed by atoms with Crippen LogP contribution in [0.3, 0.4) is 0 Å². The van der Waals surface area contributed by atoms with E-state index in [0.29, 0.717) is 47.0 Å². The van der Waals surface area contributed by atoms with Gasteiger partial charge >= 0.3 is 0 Å². The molecule has 3 N–H and O–H groups in total. The largest absolute Gasteiger partial charge is 0.493 e. The summed E-state index contributed by atoms with van der Waals surface area (Å²) in [5, 5.41) is 3.43. The van der Waals surface area contributed by atoms with Gasteiger partial charge < -0.3 is 24.7 Å². The van der Waals surface area contributed by atoms with Gasteiger partial charge in [-0.1, -0.05) is 12.1 Å². The highest BCUT2D eigenvalue weighted by atomic mass is 16.5. The molecule has 1 atom stereocenters. The molecule has 8 heteroatoms. The Balaban J connectivity index is 1.68. The van der Waals surface area contributed by atoms with Crippen molar-refractivity contribution >= 4 is 22.5 Å². The number of hydrogen-bond donors (Lipinski definition) is 3. The summed E-state index contributed by atoms with van der Waals surface area (Å²) in [7, 11) is 3.10. The molecule has 3 aromatic rings. The normalized spacial score (nSPS) is 11.8. The van der Waals surface area contributed by atoms with E-state index in [1.807, 2.05) is 19.1 Å². The highest BCUT2D eigenvalue weighted by Gasteiger charge is 2.16. The lowest BCUT2D eigenvalue weighted by Crippen LogP contribution is -3.11. The molecule has 1 aromatic heterocycles. The van der Waals surface area contributed by atoms with Crippen LogP contribution in [0.2, 0.25) is 0 Å². The molecule has 3 rings (SSSR count). The first-order valence-corrected chi connectivity index (χ1v) is 9.37. The number of rotatable bonds is 8. The summed E-state index contributed by atoms with van der Waals surface area (Å²) >= 11 is 0. The molecule has 0 fully saturated rings. The summed E-state index contributed by atoms with van der Waals surface area (Å²) in [5.41, 5.74) is 1.10. The van der Waals surface area contributed by atoms with Crippen LogP contribution in [0.4, 0.5) is 5.69 Å². The Labute approximate surface area is 168 Å². The van der Waals surface area contributed by atoms with Crippen molar-refractivity contribution in [2.75, 3.05) is 32.6 Å². The lowest BCUT2D eigenvalue weighted by molar-refractivity contribution is -0.904. The van der Waals surface area contributed by atoms with Crippen LogP contribution in [-0.2, 0) is 11.3 Å². The number of benzene rings is 2. The van der Waals surface area contributed by atoms with Gasteiger partial charge in [0.25, 0.3) is 11.5 Å². The van der Waals surface area contributed by atoms with Crippen LogP contribution in [0.25, 0.3) is 10.9 Å². The molecule has 0 spiro atoms. The minimum absolute atomic E-state index is 0.141. The number of ether oxygens (including phenoxy) is 2. The van der Waals surface area contributed by atoms with Crippen LogP contribution >= 0.6 is 0 Å². The van der Waals surface area contributed by atoms with Crippen LogP contribution in [-0.4, -0.2) is 43.2 Å². The maximum absolute atomic E-state index is 12.5. The quantitative estimate of drug-likeness (QED) is 0.527. The van der Waals surface area contributed by atoms with Gasteiger partial charge in [0.15, 0.2) is 23.9 Å². The molecule has 2 aromatic carbocycles. The number of hydrogen-bond acceptors (Lipinski definition) is 5. The highest BCUT2D eigenvalue weighted by Crippen LogP contribution is 2.29. The van der Waals surface area contributed by atoms with Crippen molar-refractivity contribution in [2.24, 2.45) is 0 Å². The number of quaternary nitrogens is 1. The maximum Gasteiger partial charge on any atom is 0.279 e. The van der Waals surface area contributed by atoms with Crippen molar-refractivity contribution in [1.29, 1.82) is 0 Å². The van der Waals surface area contributed by atoms with E-state index in [1.165, 1.54) is 0 Å². The first-order valence-electron chi connectivity index (χ1n) is 9.37. The van der Waals surface area contributed by atoms with E-state index < -0.39 is 0 Å². The number of amides is 1. The third-order valence-electron chi connectivity index (χ3n) is 4.66. The van der Waals surface area contributed by atoms with Gasteiger partial charge in [-0.2, -0.15) is 0 Å². The fraction of sp³-hybridized carbons (Fsp3) is 0.286. The molecule has 1 unspecified atom stereocenters. The van der Waals surface area contributed by atoms with Gasteiger partial charge in [-0.25, -0.2) is 4.98 Å². The average molecular weight is 397 g/mol. The molecular weight excluding hydrogens is 372 g/mol. The van der Waals surface area contributed by atoms with Crippen molar-refractivity contribution in [2.45, 2.75) is 13.5 Å². The Kier molecular flexibility index (Phi) is 6.46. The summed E-state index contributed by atoms with van der Waals surface area (Å²) in [6.45, 7) is 3.37. The number of anilines is 1. The van der Waals surface area contributed by atoms with Gasteiger partial charge in [0.1, 0.15) is 6.54 Å². The van der Waals surface area contributed by atoms with Gasteiger partial charge in [0, 0.05) is 11.8 Å². The Morgan fingerprint density at radius 2 is 1.90 bits per heavy atom. The molecule has 0 bridgehead atoms. The molecule has 0 aliphatic carbocycles. The molecular formula is C21H25N4O4+. The predicted molar refractivity (Wildman–Crippen MR) is 111 cm³/mol. The van der Waals surface area contributed by atoms with Gasteiger partial charge in [-0.05, 0) is 31.2 Å². The number of carbonyl (C=O) groups excluding carboxylic acids is 1. The number of likely N-dealkylation sites (N-methyl/N-ethyl adjacent to an activating group) is 1. The van der Waals surface area contributed by atoms with Crippen molar-refractivity contribution in [3.8, 4) is 11.5 Å². The molecule has 1 amide bonds. The Hall–Kier alpha value is -3.39. The fourth-order valence-electron chi connectivity index (χ4n) is 3.11. The topological polar surface area (TPSA) is 97.8 Å². The SMILES string of the molecule is CC[NH+](CC(=O)Nc1ccc(OC)c(OC)c1)Cc1nc2ccccc2c(=O)[nH]1. The summed E-state index contributed by atoms with van der Waals surface area (Å²) in [6, 6.07) is 12.4. The van der Waals surface area contributed by atoms with Crippen molar-refractivity contribution in [3.63, 3.8) is 0 Å². The van der Waals surface area contributed by atoms with Crippen molar-refractivity contribution < 1.29 is 19.2 Å². The number of para-hydroxylation sites is 1. The highest BCUT2D eigenvalue weighted by molar-refractivity contribution is 5.91. The number of aromatic nitrogens is 2. The minimum atomic E-state index is -0.171. The molecule has 0 saturated heterocycles. The minimum Gasteiger partial charge on any atom is -0.493 e. The second kappa shape index (κ2) is 9.20. The van der Waals surface area contributed by atoms with Crippen LogP contribution in [0.5, 0.6) is 11.5 Å². The van der Waals surface area contributed by atoms with E-state index >= 15 is 0 Å². The van der Waals surface area contributed by atoms with Crippen LogP contribution in [0, 0.1) is 0 Å². The number of aromatic amines is 1. The fourth-order valence-corrected chi connectivity index (χ4v) is 3.11. The predicted octanol–water partition coefficient (Wildman–Crippen LogP) is 0.984. The van der Waals surface area contributed by atoms with Crippen molar-refractivity contribution in [3.05, 3.63) is 58.6 Å². The summed E-state index contributed by atoms with van der Waals surface area (Å²) < 4.78 is 10.5. The standard InChI is InChI=1S/C21H24N4O4/c1-4-25(12-19-23-16-8-6-5-7-15(16)21(27)24-19)13-20(26)22-14-9-10-17(28-2)18(11-14)29-3/h5-11H,4,12-13H2,1-3H3,(H,22,26)(H,23,24,27)/p+1. The Bertz CT molecular complexity index is 1060. The van der Waals surface area contributed by atoms with E-state index in [4.69, 9.17) is 9.47 Å². The molecule has 29 heavy (non-hydrogen) atoms. The average Bonchev–Trinajstić information content (AvgIpc) is 2.73. The molecule has 0 radical (unpaired) electrons. The second-order valence-electron chi connectivity index (χ2n) is 6.60. The van der Waals surface area contributed by atoms with E-state index in [2.05, 4.69) is 15.3 Å². The lowest BCUT2D eigenvalue weighted by atomic mass is 10.2. The molecule has 0 aliphatic rings. The third-order valence-corrected chi connectivity index (χ3v) is 4.66. The Morgan fingerprint density at radius 3 is 2.62 bits per heavy atom. The zero-order chi connectivity index (χ0) is 20.8. The monoisotopic (exact) mass is 397 g/mol. The number of H-pyrrole nitrogens is 1. The van der Waals surface area contributed by atoms with Crippen molar-refractivity contribution in [1.82, 2.24) is 9.97 Å². The van der Waals surface area contributed by atoms with Gasteiger partial charge in [0.2, 0.25) is 0 Å². The van der Waals surface area contributed by atoms with E-state index in [9.17, 15) is 9.59 Å². The molecule has 0 saturated carbocycles. The molecule has 152 valence electrons. The third kappa shape index (κ3) is 4.91. The number of nitrogens with one attached hydrogen (secondary N) is 3. The Morgan fingerprint density at radius 1 is 1.14 bits per heavy atom. The number of methoxy groups -OCH3 is 2. The van der Waals surface area contributed by atoms with Gasteiger partial charge in [0.05, 0.1) is 31.7 Å².